The molecule has 0 amide bonds. The Labute approximate surface area is 110 Å². The summed E-state index contributed by atoms with van der Waals surface area (Å²) in [7, 11) is 0. The molecule has 18 heavy (non-hydrogen) atoms. The van der Waals surface area contributed by atoms with Gasteiger partial charge in [-0.3, -0.25) is 0 Å². The van der Waals surface area contributed by atoms with Crippen molar-refractivity contribution in [2.75, 3.05) is 11.9 Å². The molecule has 1 aromatic rings. The SMILES string of the molecule is CCCNc1cc(CC)nc(C2CCC(C)C2)n1. The van der Waals surface area contributed by atoms with E-state index in [1.807, 2.05) is 0 Å². The monoisotopic (exact) mass is 247 g/mol. The van der Waals surface area contributed by atoms with E-state index in [4.69, 9.17) is 9.97 Å². The topological polar surface area (TPSA) is 37.8 Å². The van der Waals surface area contributed by atoms with E-state index in [0.29, 0.717) is 5.92 Å². The summed E-state index contributed by atoms with van der Waals surface area (Å²) in [6.07, 6.45) is 5.93. The molecule has 1 saturated carbocycles. The lowest BCUT2D eigenvalue weighted by atomic mass is 10.1. The van der Waals surface area contributed by atoms with Crippen molar-refractivity contribution in [1.82, 2.24) is 9.97 Å². The number of aryl methyl sites for hydroxylation is 1. The number of hydrogen-bond donors (Lipinski definition) is 1. The molecule has 100 valence electrons. The van der Waals surface area contributed by atoms with E-state index >= 15 is 0 Å². The van der Waals surface area contributed by atoms with Crippen molar-refractivity contribution in [2.45, 2.75) is 58.8 Å². The molecule has 3 nitrogen and oxygen atoms in total. The molecule has 2 rings (SSSR count). The Bertz CT molecular complexity index is 389. The standard InChI is InChI=1S/C15H25N3/c1-4-8-16-14-10-13(5-2)17-15(18-14)12-7-6-11(3)9-12/h10-12H,4-9H2,1-3H3,(H,16,17,18). The van der Waals surface area contributed by atoms with E-state index < -0.39 is 0 Å². The molecule has 0 spiro atoms. The van der Waals surface area contributed by atoms with E-state index in [1.165, 1.54) is 19.3 Å². The van der Waals surface area contributed by atoms with Crippen LogP contribution in [0.2, 0.25) is 0 Å². The third-order valence-electron chi connectivity index (χ3n) is 3.77. The number of aromatic nitrogens is 2. The molecule has 1 N–H and O–H groups in total. The average molecular weight is 247 g/mol. The highest BCUT2D eigenvalue weighted by atomic mass is 15.0. The van der Waals surface area contributed by atoms with Gasteiger partial charge in [0, 0.05) is 24.2 Å². The van der Waals surface area contributed by atoms with E-state index in [2.05, 4.69) is 32.2 Å². The molecule has 0 aromatic carbocycles. The zero-order valence-electron chi connectivity index (χ0n) is 11.9. The van der Waals surface area contributed by atoms with Crippen LogP contribution in [-0.2, 0) is 6.42 Å². The number of nitrogens with one attached hydrogen (secondary N) is 1. The molecular weight excluding hydrogens is 222 g/mol. The first kappa shape index (κ1) is 13.3. The van der Waals surface area contributed by atoms with Crippen molar-refractivity contribution < 1.29 is 0 Å². The average Bonchev–Trinajstić information content (AvgIpc) is 2.82. The molecule has 0 bridgehead atoms. The molecule has 2 atom stereocenters. The molecule has 0 aliphatic heterocycles. The smallest absolute Gasteiger partial charge is 0.134 e. The van der Waals surface area contributed by atoms with Gasteiger partial charge in [0.15, 0.2) is 0 Å². The first-order valence-corrected chi connectivity index (χ1v) is 7.34. The fourth-order valence-electron chi connectivity index (χ4n) is 2.67. The highest BCUT2D eigenvalue weighted by Gasteiger charge is 2.25. The molecule has 1 aromatic heterocycles. The van der Waals surface area contributed by atoms with Crippen LogP contribution < -0.4 is 5.32 Å². The summed E-state index contributed by atoms with van der Waals surface area (Å²) in [4.78, 5) is 9.44. The summed E-state index contributed by atoms with van der Waals surface area (Å²) in [5.74, 6) is 3.49. The summed E-state index contributed by atoms with van der Waals surface area (Å²) in [5.41, 5.74) is 1.16. The molecule has 1 aliphatic carbocycles. The normalized spacial score (nSPS) is 23.3. The van der Waals surface area contributed by atoms with Gasteiger partial charge in [-0.25, -0.2) is 9.97 Å². The first-order chi connectivity index (χ1) is 8.72. The summed E-state index contributed by atoms with van der Waals surface area (Å²) in [6.45, 7) is 7.65. The Kier molecular flexibility index (Phi) is 4.56. The van der Waals surface area contributed by atoms with Gasteiger partial charge < -0.3 is 5.32 Å². The van der Waals surface area contributed by atoms with Crippen molar-refractivity contribution in [2.24, 2.45) is 5.92 Å². The number of anilines is 1. The van der Waals surface area contributed by atoms with Crippen LogP contribution in [0, 0.1) is 5.92 Å². The van der Waals surface area contributed by atoms with Crippen molar-refractivity contribution in [3.63, 3.8) is 0 Å². The van der Waals surface area contributed by atoms with Crippen molar-refractivity contribution in [1.29, 1.82) is 0 Å². The maximum Gasteiger partial charge on any atom is 0.134 e. The predicted molar refractivity (Wildman–Crippen MR) is 75.9 cm³/mol. The Balaban J connectivity index is 2.17. The summed E-state index contributed by atoms with van der Waals surface area (Å²) in [5, 5.41) is 3.39. The van der Waals surface area contributed by atoms with E-state index in [9.17, 15) is 0 Å². The molecule has 1 fully saturated rings. The van der Waals surface area contributed by atoms with Crippen molar-refractivity contribution >= 4 is 5.82 Å². The van der Waals surface area contributed by atoms with Gasteiger partial charge in [0.1, 0.15) is 11.6 Å². The van der Waals surface area contributed by atoms with Gasteiger partial charge in [-0.1, -0.05) is 20.8 Å². The van der Waals surface area contributed by atoms with Gasteiger partial charge in [-0.15, -0.1) is 0 Å². The van der Waals surface area contributed by atoms with Gasteiger partial charge in [-0.05, 0) is 38.0 Å². The maximum atomic E-state index is 4.73. The molecule has 0 saturated heterocycles. The zero-order valence-corrected chi connectivity index (χ0v) is 11.9. The second-order valence-corrected chi connectivity index (χ2v) is 5.50. The third-order valence-corrected chi connectivity index (χ3v) is 3.77. The van der Waals surface area contributed by atoms with Gasteiger partial charge in [0.2, 0.25) is 0 Å². The molecular formula is C15H25N3. The molecule has 0 radical (unpaired) electrons. The first-order valence-electron chi connectivity index (χ1n) is 7.34. The molecule has 3 heteroatoms. The van der Waals surface area contributed by atoms with E-state index in [-0.39, 0.29) is 0 Å². The lowest BCUT2D eigenvalue weighted by molar-refractivity contribution is 0.584. The Morgan fingerprint density at radius 3 is 2.72 bits per heavy atom. The predicted octanol–water partition coefficient (Wildman–Crippen LogP) is 3.76. The zero-order chi connectivity index (χ0) is 13.0. The minimum atomic E-state index is 0.577. The third kappa shape index (κ3) is 3.21. The highest BCUT2D eigenvalue weighted by molar-refractivity contribution is 5.36. The lowest BCUT2D eigenvalue weighted by Crippen LogP contribution is -2.09. The van der Waals surface area contributed by atoms with Crippen molar-refractivity contribution in [3.05, 3.63) is 17.6 Å². The van der Waals surface area contributed by atoms with E-state index in [0.717, 1.165) is 42.6 Å². The van der Waals surface area contributed by atoms with Crippen molar-refractivity contribution in [3.8, 4) is 0 Å². The van der Waals surface area contributed by atoms with Crippen LogP contribution >= 0.6 is 0 Å². The quantitative estimate of drug-likeness (QED) is 0.860. The Morgan fingerprint density at radius 1 is 1.28 bits per heavy atom. The Morgan fingerprint density at radius 2 is 2.11 bits per heavy atom. The van der Waals surface area contributed by atoms with Gasteiger partial charge in [0.05, 0.1) is 0 Å². The van der Waals surface area contributed by atoms with Gasteiger partial charge in [0.25, 0.3) is 0 Å². The maximum absolute atomic E-state index is 4.73. The number of nitrogens with zero attached hydrogens (tertiary/aromatic N) is 2. The van der Waals surface area contributed by atoms with Crippen LogP contribution in [0.3, 0.4) is 0 Å². The van der Waals surface area contributed by atoms with E-state index in [1.54, 1.807) is 0 Å². The number of rotatable bonds is 5. The van der Waals surface area contributed by atoms with Crippen LogP contribution in [0.5, 0.6) is 0 Å². The van der Waals surface area contributed by atoms with Gasteiger partial charge >= 0.3 is 0 Å². The summed E-state index contributed by atoms with van der Waals surface area (Å²) in [6, 6.07) is 2.09. The number of hydrogen-bond acceptors (Lipinski definition) is 3. The second-order valence-electron chi connectivity index (χ2n) is 5.50. The highest BCUT2D eigenvalue weighted by Crippen LogP contribution is 2.36. The van der Waals surface area contributed by atoms with Crippen LogP contribution in [0.4, 0.5) is 5.82 Å². The fraction of sp³-hybridized carbons (Fsp3) is 0.733. The van der Waals surface area contributed by atoms with Gasteiger partial charge in [-0.2, -0.15) is 0 Å². The summed E-state index contributed by atoms with van der Waals surface area (Å²) >= 11 is 0. The fourth-order valence-corrected chi connectivity index (χ4v) is 2.67. The van der Waals surface area contributed by atoms with Crippen LogP contribution in [-0.4, -0.2) is 16.5 Å². The summed E-state index contributed by atoms with van der Waals surface area (Å²) < 4.78 is 0. The lowest BCUT2D eigenvalue weighted by Gasteiger charge is -2.12. The minimum absolute atomic E-state index is 0.577. The molecule has 1 heterocycles. The van der Waals surface area contributed by atoms with Crippen LogP contribution in [0.25, 0.3) is 0 Å². The molecule has 1 aliphatic rings. The largest absolute Gasteiger partial charge is 0.370 e. The second kappa shape index (κ2) is 6.17. The van der Waals surface area contributed by atoms with Crippen LogP contribution in [0.1, 0.15) is 63.9 Å². The minimum Gasteiger partial charge on any atom is -0.370 e. The molecule has 2 unspecified atom stereocenters. The van der Waals surface area contributed by atoms with Crippen LogP contribution in [0.15, 0.2) is 6.07 Å². The Hall–Kier alpha value is -1.12.